The lowest BCUT2D eigenvalue weighted by Gasteiger charge is -2.34. The van der Waals surface area contributed by atoms with Crippen molar-refractivity contribution in [2.45, 2.75) is 0 Å². The molecule has 1 saturated heterocycles. The van der Waals surface area contributed by atoms with Gasteiger partial charge in [-0.2, -0.15) is 0 Å². The minimum atomic E-state index is -0.853. The molecule has 2 amide bonds. The summed E-state index contributed by atoms with van der Waals surface area (Å²) in [6, 6.07) is 8.41. The fourth-order valence-corrected chi connectivity index (χ4v) is 3.50. The fraction of sp³-hybridized carbons (Fsp3) is 0.333. The molecule has 2 aromatic rings. The molecule has 9 heteroatoms. The van der Waals surface area contributed by atoms with Crippen molar-refractivity contribution in [2.24, 2.45) is 0 Å². The van der Waals surface area contributed by atoms with Crippen LogP contribution < -0.4 is 14.8 Å². The molecular formula is C21H21F2N3O4. The van der Waals surface area contributed by atoms with Crippen molar-refractivity contribution in [3.8, 4) is 11.5 Å². The number of carbonyl (C=O) groups excluding carboxylic acids is 2. The van der Waals surface area contributed by atoms with Gasteiger partial charge in [0.1, 0.15) is 17.2 Å². The van der Waals surface area contributed by atoms with Gasteiger partial charge in [-0.3, -0.25) is 14.5 Å². The van der Waals surface area contributed by atoms with Gasteiger partial charge in [-0.1, -0.05) is 6.07 Å². The molecule has 0 aromatic heterocycles. The highest BCUT2D eigenvalue weighted by Crippen LogP contribution is 2.32. The van der Waals surface area contributed by atoms with Crippen LogP contribution in [0.15, 0.2) is 36.4 Å². The van der Waals surface area contributed by atoms with Gasteiger partial charge in [0.15, 0.2) is 11.5 Å². The van der Waals surface area contributed by atoms with E-state index in [0.29, 0.717) is 56.3 Å². The van der Waals surface area contributed by atoms with Crippen LogP contribution in [0.1, 0.15) is 20.7 Å². The standard InChI is InChI=1S/C21H21F2N3O4/c22-15-2-1-3-16(23)19(15)21(28)26-10-8-25(9-11-26)7-6-24-20(27)14-4-5-17-18(12-14)30-13-29-17/h1-5,12H,6-11,13H2,(H,24,27). The molecule has 0 bridgehead atoms. The number of nitrogens with zero attached hydrogens (tertiary/aromatic N) is 2. The first-order chi connectivity index (χ1) is 14.5. The molecule has 2 aliphatic heterocycles. The zero-order valence-corrected chi connectivity index (χ0v) is 16.2. The van der Waals surface area contributed by atoms with E-state index in [2.05, 4.69) is 10.2 Å². The Bertz CT molecular complexity index is 941. The van der Waals surface area contributed by atoms with E-state index in [4.69, 9.17) is 9.47 Å². The lowest BCUT2D eigenvalue weighted by atomic mass is 10.1. The molecule has 1 N–H and O–H groups in total. The number of benzene rings is 2. The summed E-state index contributed by atoms with van der Waals surface area (Å²) < 4.78 is 38.2. The summed E-state index contributed by atoms with van der Waals surface area (Å²) in [4.78, 5) is 28.3. The maximum absolute atomic E-state index is 13.8. The number of halogens is 2. The highest BCUT2D eigenvalue weighted by atomic mass is 19.1. The van der Waals surface area contributed by atoms with Crippen LogP contribution in [0.25, 0.3) is 0 Å². The second kappa shape index (κ2) is 8.66. The van der Waals surface area contributed by atoms with Crippen LogP contribution in [0.3, 0.4) is 0 Å². The second-order valence-corrected chi connectivity index (χ2v) is 7.05. The third-order valence-electron chi connectivity index (χ3n) is 5.18. The van der Waals surface area contributed by atoms with Crippen LogP contribution in [0.4, 0.5) is 8.78 Å². The minimum absolute atomic E-state index is 0.151. The zero-order valence-electron chi connectivity index (χ0n) is 16.2. The lowest BCUT2D eigenvalue weighted by Crippen LogP contribution is -2.50. The summed E-state index contributed by atoms with van der Waals surface area (Å²) >= 11 is 0. The average Bonchev–Trinajstić information content (AvgIpc) is 3.22. The molecule has 0 saturated carbocycles. The van der Waals surface area contributed by atoms with Crippen molar-refractivity contribution in [1.82, 2.24) is 15.1 Å². The first-order valence-corrected chi connectivity index (χ1v) is 9.66. The van der Waals surface area contributed by atoms with E-state index < -0.39 is 23.1 Å². The minimum Gasteiger partial charge on any atom is -0.454 e. The number of fused-ring (bicyclic) bond motifs is 1. The molecule has 0 unspecified atom stereocenters. The predicted molar refractivity (Wildman–Crippen MR) is 104 cm³/mol. The topological polar surface area (TPSA) is 71.1 Å². The number of nitrogens with one attached hydrogen (secondary N) is 1. The Balaban J connectivity index is 1.23. The van der Waals surface area contributed by atoms with Crippen molar-refractivity contribution >= 4 is 11.8 Å². The monoisotopic (exact) mass is 417 g/mol. The van der Waals surface area contributed by atoms with Crippen LogP contribution in [0.5, 0.6) is 11.5 Å². The van der Waals surface area contributed by atoms with Crippen LogP contribution >= 0.6 is 0 Å². The van der Waals surface area contributed by atoms with Crippen molar-refractivity contribution in [2.75, 3.05) is 46.1 Å². The number of piperazine rings is 1. The van der Waals surface area contributed by atoms with Gasteiger partial charge < -0.3 is 19.7 Å². The van der Waals surface area contributed by atoms with Gasteiger partial charge in [-0.05, 0) is 30.3 Å². The van der Waals surface area contributed by atoms with Crippen molar-refractivity contribution in [1.29, 1.82) is 0 Å². The summed E-state index contributed by atoms with van der Waals surface area (Å²) in [6.07, 6.45) is 0. The lowest BCUT2D eigenvalue weighted by molar-refractivity contribution is 0.0628. The molecule has 0 radical (unpaired) electrons. The molecule has 0 atom stereocenters. The van der Waals surface area contributed by atoms with E-state index in [1.54, 1.807) is 18.2 Å². The Morgan fingerprint density at radius 1 is 0.967 bits per heavy atom. The number of ether oxygens (including phenoxy) is 2. The smallest absolute Gasteiger partial charge is 0.259 e. The number of hydrogen-bond donors (Lipinski definition) is 1. The quantitative estimate of drug-likeness (QED) is 0.805. The number of amides is 2. The van der Waals surface area contributed by atoms with Crippen LogP contribution in [-0.4, -0.2) is 67.7 Å². The van der Waals surface area contributed by atoms with Crippen molar-refractivity contribution in [3.63, 3.8) is 0 Å². The van der Waals surface area contributed by atoms with Gasteiger partial charge in [-0.25, -0.2) is 8.78 Å². The molecule has 0 spiro atoms. The maximum atomic E-state index is 13.8. The summed E-state index contributed by atoms with van der Waals surface area (Å²) in [5.74, 6) is -1.38. The van der Waals surface area contributed by atoms with Crippen molar-refractivity contribution < 1.29 is 27.8 Å². The zero-order chi connectivity index (χ0) is 21.1. The Kier molecular flexibility index (Phi) is 5.80. The Morgan fingerprint density at radius 2 is 1.67 bits per heavy atom. The SMILES string of the molecule is O=C(NCCN1CCN(C(=O)c2c(F)cccc2F)CC1)c1ccc2c(c1)OCO2. The Labute approximate surface area is 172 Å². The predicted octanol–water partition coefficient (Wildman–Crippen LogP) is 1.88. The van der Waals surface area contributed by atoms with Gasteiger partial charge >= 0.3 is 0 Å². The van der Waals surface area contributed by atoms with E-state index >= 15 is 0 Å². The van der Waals surface area contributed by atoms with Gasteiger partial charge in [-0.15, -0.1) is 0 Å². The van der Waals surface area contributed by atoms with Gasteiger partial charge in [0.05, 0.1) is 0 Å². The summed E-state index contributed by atoms with van der Waals surface area (Å²) in [6.45, 7) is 3.03. The highest BCUT2D eigenvalue weighted by Gasteiger charge is 2.26. The van der Waals surface area contributed by atoms with E-state index in [-0.39, 0.29) is 12.7 Å². The van der Waals surface area contributed by atoms with Gasteiger partial charge in [0.2, 0.25) is 6.79 Å². The molecular weight excluding hydrogens is 396 g/mol. The number of rotatable bonds is 5. The van der Waals surface area contributed by atoms with Crippen molar-refractivity contribution in [3.05, 3.63) is 59.2 Å². The van der Waals surface area contributed by atoms with E-state index in [9.17, 15) is 18.4 Å². The third kappa shape index (κ3) is 4.20. The molecule has 7 nitrogen and oxygen atoms in total. The second-order valence-electron chi connectivity index (χ2n) is 7.05. The van der Waals surface area contributed by atoms with Crippen LogP contribution in [-0.2, 0) is 0 Å². The van der Waals surface area contributed by atoms with Crippen LogP contribution in [0.2, 0.25) is 0 Å². The van der Waals surface area contributed by atoms with Gasteiger partial charge in [0, 0.05) is 44.8 Å². The maximum Gasteiger partial charge on any atom is 0.259 e. The van der Waals surface area contributed by atoms with E-state index in [0.717, 1.165) is 12.1 Å². The molecule has 0 aliphatic carbocycles. The first kappa shape index (κ1) is 20.1. The summed E-state index contributed by atoms with van der Waals surface area (Å²) in [5.41, 5.74) is -0.0245. The summed E-state index contributed by atoms with van der Waals surface area (Å²) in [7, 11) is 0. The Hall–Kier alpha value is -3.20. The largest absolute Gasteiger partial charge is 0.454 e. The van der Waals surface area contributed by atoms with E-state index in [1.165, 1.54) is 11.0 Å². The molecule has 2 aliphatic rings. The molecule has 1 fully saturated rings. The fourth-order valence-electron chi connectivity index (χ4n) is 3.50. The third-order valence-corrected chi connectivity index (χ3v) is 5.18. The van der Waals surface area contributed by atoms with Gasteiger partial charge in [0.25, 0.3) is 11.8 Å². The normalized spacial score (nSPS) is 15.9. The molecule has 2 heterocycles. The molecule has 30 heavy (non-hydrogen) atoms. The molecule has 158 valence electrons. The number of carbonyl (C=O) groups is 2. The Morgan fingerprint density at radius 3 is 2.40 bits per heavy atom. The molecule has 4 rings (SSSR count). The number of hydrogen-bond acceptors (Lipinski definition) is 5. The summed E-state index contributed by atoms with van der Waals surface area (Å²) in [5, 5.41) is 2.86. The highest BCUT2D eigenvalue weighted by molar-refractivity contribution is 5.95. The van der Waals surface area contributed by atoms with E-state index in [1.807, 2.05) is 0 Å². The first-order valence-electron chi connectivity index (χ1n) is 9.66. The molecule has 2 aromatic carbocycles. The average molecular weight is 417 g/mol. The van der Waals surface area contributed by atoms with Crippen LogP contribution in [0, 0.1) is 11.6 Å².